The summed E-state index contributed by atoms with van der Waals surface area (Å²) in [6.45, 7) is 8.00. The Kier molecular flexibility index (Phi) is 7.83. The second-order valence-electron chi connectivity index (χ2n) is 8.22. The number of aromatic nitrogens is 3. The van der Waals surface area contributed by atoms with Crippen LogP contribution >= 0.6 is 0 Å². The number of benzene rings is 2. The number of nitrogens with zero attached hydrogens (tertiary/aromatic N) is 4. The molecule has 0 radical (unpaired) electrons. The molecular formula is C26H29N5O3. The number of aryl methyl sites for hydroxylation is 1. The molecule has 1 N–H and O–H groups in total. The van der Waals surface area contributed by atoms with Crippen LogP contribution in [-0.2, 0) is 17.8 Å². The zero-order valence-corrected chi connectivity index (χ0v) is 19.2. The normalized spacial score (nSPS) is 14.1. The number of hydrogen-bond acceptors (Lipinski definition) is 6. The Bertz CT molecular complexity index is 1150. The van der Waals surface area contributed by atoms with Crippen molar-refractivity contribution >= 4 is 5.91 Å². The Hall–Kier alpha value is -3.78. The van der Waals surface area contributed by atoms with E-state index in [1.807, 2.05) is 23.1 Å². The lowest BCUT2D eigenvalue weighted by Gasteiger charge is -2.34. The van der Waals surface area contributed by atoms with Crippen LogP contribution in [0.15, 0.2) is 72.0 Å². The van der Waals surface area contributed by atoms with Crippen LogP contribution in [0.3, 0.4) is 0 Å². The van der Waals surface area contributed by atoms with E-state index < -0.39 is 0 Å². The highest BCUT2D eigenvalue weighted by Gasteiger charge is 2.21. The van der Waals surface area contributed by atoms with E-state index in [2.05, 4.69) is 38.8 Å². The summed E-state index contributed by atoms with van der Waals surface area (Å²) < 4.78 is 5.46. The average Bonchev–Trinajstić information content (AvgIpc) is 2.88. The maximum absolute atomic E-state index is 12.7. The van der Waals surface area contributed by atoms with Crippen LogP contribution in [-0.4, -0.2) is 63.7 Å². The molecule has 1 aliphatic heterocycles. The summed E-state index contributed by atoms with van der Waals surface area (Å²) in [5.74, 6) is 1.12. The number of ether oxygens (including phenoxy) is 1. The van der Waals surface area contributed by atoms with E-state index in [0.29, 0.717) is 31.3 Å². The monoisotopic (exact) mass is 459 g/mol. The third kappa shape index (κ3) is 6.17. The molecule has 0 atom stereocenters. The van der Waals surface area contributed by atoms with Gasteiger partial charge in [-0.1, -0.05) is 43.0 Å². The predicted molar refractivity (Wildman–Crippen MR) is 130 cm³/mol. The van der Waals surface area contributed by atoms with Gasteiger partial charge in [-0.15, -0.1) is 10.2 Å². The first-order valence-corrected chi connectivity index (χ1v) is 11.5. The molecule has 0 saturated carbocycles. The number of piperazine rings is 1. The van der Waals surface area contributed by atoms with E-state index >= 15 is 0 Å². The van der Waals surface area contributed by atoms with E-state index in [9.17, 15) is 9.59 Å². The number of aromatic amines is 1. The Morgan fingerprint density at radius 1 is 1.03 bits per heavy atom. The summed E-state index contributed by atoms with van der Waals surface area (Å²) in [6.07, 6.45) is 2.18. The second kappa shape index (κ2) is 11.4. The van der Waals surface area contributed by atoms with E-state index in [4.69, 9.17) is 4.74 Å². The van der Waals surface area contributed by atoms with Crippen LogP contribution < -0.4 is 10.3 Å². The van der Waals surface area contributed by atoms with Crippen LogP contribution in [0.2, 0.25) is 0 Å². The van der Waals surface area contributed by atoms with Gasteiger partial charge in [0.15, 0.2) is 5.82 Å². The molecule has 1 aromatic heterocycles. The zero-order chi connectivity index (χ0) is 23.8. The molecule has 2 heterocycles. The maximum atomic E-state index is 12.7. The molecule has 1 saturated heterocycles. The van der Waals surface area contributed by atoms with Gasteiger partial charge in [-0.3, -0.25) is 14.5 Å². The van der Waals surface area contributed by atoms with E-state index in [1.54, 1.807) is 30.3 Å². The van der Waals surface area contributed by atoms with E-state index in [0.717, 1.165) is 25.2 Å². The SMILES string of the molecule is C=CCOc1ccc(-c2nnc(CCC(=O)N3CCN(Cc4ccccc4)CC3)c(=O)[nH]2)cc1. The molecule has 2 aromatic carbocycles. The largest absolute Gasteiger partial charge is 0.490 e. The minimum Gasteiger partial charge on any atom is -0.490 e. The van der Waals surface area contributed by atoms with Gasteiger partial charge in [-0.05, 0) is 29.8 Å². The third-order valence-electron chi connectivity index (χ3n) is 5.81. The van der Waals surface area contributed by atoms with Crippen LogP contribution in [0.5, 0.6) is 5.75 Å². The maximum Gasteiger partial charge on any atom is 0.273 e. The number of carbonyl (C=O) groups is 1. The summed E-state index contributed by atoms with van der Waals surface area (Å²) in [5, 5.41) is 8.23. The molecule has 0 bridgehead atoms. The Morgan fingerprint density at radius 2 is 1.76 bits per heavy atom. The summed E-state index contributed by atoms with van der Waals surface area (Å²) in [5.41, 5.74) is 1.95. The number of rotatable bonds is 9. The van der Waals surface area contributed by atoms with Crippen LogP contribution in [0.1, 0.15) is 17.7 Å². The first-order valence-electron chi connectivity index (χ1n) is 11.5. The van der Waals surface area contributed by atoms with Gasteiger partial charge in [0.25, 0.3) is 5.56 Å². The number of nitrogens with one attached hydrogen (secondary N) is 1. The smallest absolute Gasteiger partial charge is 0.273 e. The van der Waals surface area contributed by atoms with Crippen molar-refractivity contribution in [2.45, 2.75) is 19.4 Å². The Balaban J connectivity index is 1.27. The first-order chi connectivity index (χ1) is 16.6. The topological polar surface area (TPSA) is 91.4 Å². The molecule has 176 valence electrons. The van der Waals surface area contributed by atoms with Gasteiger partial charge in [0, 0.05) is 51.1 Å². The first kappa shape index (κ1) is 23.4. The summed E-state index contributed by atoms with van der Waals surface area (Å²) in [7, 11) is 0. The van der Waals surface area contributed by atoms with Crippen molar-refractivity contribution in [2.24, 2.45) is 0 Å². The van der Waals surface area contributed by atoms with E-state index in [-0.39, 0.29) is 30.0 Å². The van der Waals surface area contributed by atoms with Gasteiger partial charge >= 0.3 is 0 Å². The van der Waals surface area contributed by atoms with Crippen molar-refractivity contribution in [3.05, 3.63) is 88.9 Å². The second-order valence-corrected chi connectivity index (χ2v) is 8.22. The molecule has 0 spiro atoms. The number of carbonyl (C=O) groups excluding carboxylic acids is 1. The zero-order valence-electron chi connectivity index (χ0n) is 19.2. The molecule has 8 heteroatoms. The minimum absolute atomic E-state index is 0.0414. The fourth-order valence-corrected chi connectivity index (χ4v) is 3.90. The van der Waals surface area contributed by atoms with Gasteiger partial charge in [0.2, 0.25) is 5.91 Å². The van der Waals surface area contributed by atoms with Crippen molar-refractivity contribution < 1.29 is 9.53 Å². The molecule has 3 aromatic rings. The molecule has 1 amide bonds. The van der Waals surface area contributed by atoms with Gasteiger partial charge in [0.1, 0.15) is 18.1 Å². The average molecular weight is 460 g/mol. The Labute approximate surface area is 198 Å². The van der Waals surface area contributed by atoms with Crippen LogP contribution in [0, 0.1) is 0 Å². The highest BCUT2D eigenvalue weighted by Crippen LogP contribution is 2.18. The quantitative estimate of drug-likeness (QED) is 0.495. The molecule has 8 nitrogen and oxygen atoms in total. The molecule has 34 heavy (non-hydrogen) atoms. The lowest BCUT2D eigenvalue weighted by Crippen LogP contribution is -2.48. The molecule has 0 aliphatic carbocycles. The van der Waals surface area contributed by atoms with Gasteiger partial charge in [-0.2, -0.15) is 0 Å². The lowest BCUT2D eigenvalue weighted by atomic mass is 10.1. The summed E-state index contributed by atoms with van der Waals surface area (Å²) in [4.78, 5) is 32.2. The number of hydrogen-bond donors (Lipinski definition) is 1. The molecular weight excluding hydrogens is 430 g/mol. The van der Waals surface area contributed by atoms with Crippen molar-refractivity contribution in [3.63, 3.8) is 0 Å². The number of H-pyrrole nitrogens is 1. The fraction of sp³-hybridized carbons (Fsp3) is 0.308. The van der Waals surface area contributed by atoms with E-state index in [1.165, 1.54) is 5.56 Å². The van der Waals surface area contributed by atoms with Gasteiger partial charge in [0.05, 0.1) is 0 Å². The van der Waals surface area contributed by atoms with Crippen molar-refractivity contribution in [1.82, 2.24) is 25.0 Å². The third-order valence-corrected chi connectivity index (χ3v) is 5.81. The molecule has 4 rings (SSSR count). The molecule has 1 aliphatic rings. The fourth-order valence-electron chi connectivity index (χ4n) is 3.90. The molecule has 1 fully saturated rings. The van der Waals surface area contributed by atoms with Gasteiger partial charge in [-0.25, -0.2) is 0 Å². The van der Waals surface area contributed by atoms with Crippen molar-refractivity contribution in [3.8, 4) is 17.1 Å². The lowest BCUT2D eigenvalue weighted by molar-refractivity contribution is -0.133. The van der Waals surface area contributed by atoms with Crippen LogP contribution in [0.4, 0.5) is 0 Å². The predicted octanol–water partition coefficient (Wildman–Crippen LogP) is 2.67. The minimum atomic E-state index is -0.322. The Morgan fingerprint density at radius 3 is 2.44 bits per heavy atom. The summed E-state index contributed by atoms with van der Waals surface area (Å²) in [6, 6.07) is 17.5. The van der Waals surface area contributed by atoms with Gasteiger partial charge < -0.3 is 14.6 Å². The van der Waals surface area contributed by atoms with Crippen molar-refractivity contribution in [1.29, 1.82) is 0 Å². The number of amides is 1. The standard InChI is InChI=1S/C26H29N5O3/c1-2-18-34-22-10-8-21(9-11-22)25-27-26(33)23(28-29-25)12-13-24(32)31-16-14-30(15-17-31)19-20-6-4-3-5-7-20/h2-11H,1,12-19H2,(H,27,29,33). The molecule has 0 unspecified atom stereocenters. The highest BCUT2D eigenvalue weighted by molar-refractivity contribution is 5.76. The summed E-state index contributed by atoms with van der Waals surface area (Å²) >= 11 is 0. The highest BCUT2D eigenvalue weighted by atomic mass is 16.5. The van der Waals surface area contributed by atoms with Crippen molar-refractivity contribution in [2.75, 3.05) is 32.8 Å². The van der Waals surface area contributed by atoms with Crippen LogP contribution in [0.25, 0.3) is 11.4 Å².